The second-order valence-corrected chi connectivity index (χ2v) is 4.38. The van der Waals surface area contributed by atoms with Crippen LogP contribution in [-0.2, 0) is 0 Å². The van der Waals surface area contributed by atoms with Crippen molar-refractivity contribution in [3.8, 4) is 0 Å². The molecule has 1 unspecified atom stereocenters. The maximum absolute atomic E-state index is 2.30. The Labute approximate surface area is 63.0 Å². The van der Waals surface area contributed by atoms with E-state index in [4.69, 9.17) is 0 Å². The molecule has 0 heterocycles. The van der Waals surface area contributed by atoms with Crippen LogP contribution in [-0.4, -0.2) is 15.8 Å². The van der Waals surface area contributed by atoms with Gasteiger partial charge < -0.3 is 0 Å². The summed E-state index contributed by atoms with van der Waals surface area (Å²) < 4.78 is 1.55. The summed E-state index contributed by atoms with van der Waals surface area (Å²) >= 11 is 0.177. The van der Waals surface area contributed by atoms with Gasteiger partial charge in [-0.1, -0.05) is 0 Å². The van der Waals surface area contributed by atoms with Crippen LogP contribution in [0, 0.1) is 6.92 Å². The molecule has 1 aromatic rings. The van der Waals surface area contributed by atoms with Crippen molar-refractivity contribution in [1.29, 1.82) is 0 Å². The first-order valence-corrected chi connectivity index (χ1v) is 6.22. The van der Waals surface area contributed by atoms with Gasteiger partial charge in [0, 0.05) is 0 Å². The molecule has 0 radical (unpaired) electrons. The second-order valence-electron chi connectivity index (χ2n) is 2.12. The van der Waals surface area contributed by atoms with E-state index in [-0.39, 0.29) is 15.8 Å². The van der Waals surface area contributed by atoms with E-state index in [1.165, 1.54) is 5.56 Å². The van der Waals surface area contributed by atoms with Crippen molar-refractivity contribution < 1.29 is 0 Å². The van der Waals surface area contributed by atoms with Gasteiger partial charge in [-0.2, -0.15) is 0 Å². The summed E-state index contributed by atoms with van der Waals surface area (Å²) in [6, 6.07) is 8.77. The Kier molecular flexibility index (Phi) is 2.36. The van der Waals surface area contributed by atoms with Crippen LogP contribution in [0.4, 0.5) is 0 Å². The van der Waals surface area contributed by atoms with Gasteiger partial charge in [0.15, 0.2) is 0 Å². The molecular weight excluding hydrogens is 171 g/mol. The third-order valence-electron chi connectivity index (χ3n) is 1.31. The van der Waals surface area contributed by atoms with Crippen molar-refractivity contribution in [2.75, 3.05) is 0 Å². The van der Waals surface area contributed by atoms with Crippen LogP contribution in [0.3, 0.4) is 0 Å². The number of aryl methyl sites for hydroxylation is 1. The predicted molar refractivity (Wildman–Crippen MR) is 43.8 cm³/mol. The molecule has 0 amide bonds. The minimum atomic E-state index is 0.177. The van der Waals surface area contributed by atoms with Crippen molar-refractivity contribution in [2.24, 2.45) is 0 Å². The van der Waals surface area contributed by atoms with Gasteiger partial charge in [0.1, 0.15) is 0 Å². The van der Waals surface area contributed by atoms with E-state index in [0.29, 0.717) is 0 Å². The van der Waals surface area contributed by atoms with E-state index in [1.807, 2.05) is 0 Å². The van der Waals surface area contributed by atoms with E-state index in [0.717, 1.165) is 0 Å². The Hall–Kier alpha value is -0.222. The molecule has 0 saturated carbocycles. The third kappa shape index (κ3) is 1.87. The summed E-state index contributed by atoms with van der Waals surface area (Å²) in [6.45, 7) is 2.14. The van der Waals surface area contributed by atoms with Crippen LogP contribution >= 0.6 is 0 Å². The molecule has 0 spiro atoms. The Morgan fingerprint density at radius 1 is 1.33 bits per heavy atom. The summed E-state index contributed by atoms with van der Waals surface area (Å²) in [5.74, 6) is 0. The first kappa shape index (κ1) is 6.89. The van der Waals surface area contributed by atoms with Crippen molar-refractivity contribution >= 4 is 20.1 Å². The number of benzene rings is 1. The van der Waals surface area contributed by atoms with Gasteiger partial charge >= 0.3 is 62.6 Å². The fourth-order valence-corrected chi connectivity index (χ4v) is 2.13. The topological polar surface area (TPSA) is 0 Å². The van der Waals surface area contributed by atoms with Crippen LogP contribution in [0.5, 0.6) is 0 Å². The normalized spacial score (nSPS) is 10.9. The van der Waals surface area contributed by atoms with Gasteiger partial charge in [-0.3, -0.25) is 0 Å². The zero-order chi connectivity index (χ0) is 6.69. The summed E-state index contributed by atoms with van der Waals surface area (Å²) in [4.78, 5) is 0. The van der Waals surface area contributed by atoms with E-state index in [1.54, 1.807) is 4.35 Å². The van der Waals surface area contributed by atoms with Crippen molar-refractivity contribution in [3.63, 3.8) is 0 Å². The first-order chi connectivity index (χ1) is 4.33. The molecule has 1 heteroatoms. The van der Waals surface area contributed by atoms with Crippen LogP contribution in [0.2, 0.25) is 5.71 Å². The van der Waals surface area contributed by atoms with Crippen molar-refractivity contribution in [3.05, 3.63) is 29.8 Å². The van der Waals surface area contributed by atoms with E-state index in [2.05, 4.69) is 36.9 Å². The Morgan fingerprint density at radius 2 is 2.11 bits per heavy atom. The van der Waals surface area contributed by atoms with Crippen LogP contribution in [0.15, 0.2) is 24.3 Å². The number of hydrogen-bond acceptors (Lipinski definition) is 0. The average molecular weight is 182 g/mol. The molecule has 48 valence electrons. The van der Waals surface area contributed by atoms with E-state index >= 15 is 0 Å². The van der Waals surface area contributed by atoms with Crippen molar-refractivity contribution in [1.82, 2.24) is 0 Å². The molecule has 0 aliphatic rings. The molecule has 0 N–H and O–H groups in total. The van der Waals surface area contributed by atoms with Gasteiger partial charge in [0.05, 0.1) is 0 Å². The molecule has 0 bridgehead atoms. The number of hydrogen-bond donors (Lipinski definition) is 0. The average Bonchev–Trinajstić information content (AvgIpc) is 1.88. The van der Waals surface area contributed by atoms with Crippen LogP contribution in [0.1, 0.15) is 5.56 Å². The zero-order valence-corrected chi connectivity index (χ0v) is 7.91. The molecule has 0 aliphatic heterocycles. The van der Waals surface area contributed by atoms with Gasteiger partial charge in [0.25, 0.3) is 0 Å². The first-order valence-electron chi connectivity index (χ1n) is 3.07. The van der Waals surface area contributed by atoms with Crippen molar-refractivity contribution in [2.45, 2.75) is 12.6 Å². The predicted octanol–water partition coefficient (Wildman–Crippen LogP) is 1.10. The monoisotopic (exact) mass is 182 g/mol. The van der Waals surface area contributed by atoms with Gasteiger partial charge in [-0.05, 0) is 0 Å². The molecule has 0 saturated heterocycles. The molecule has 1 atom stereocenters. The van der Waals surface area contributed by atoms with E-state index in [9.17, 15) is 0 Å². The third-order valence-corrected chi connectivity index (χ3v) is 3.17. The quantitative estimate of drug-likeness (QED) is 0.570. The molecule has 1 rings (SSSR count). The molecule has 9 heavy (non-hydrogen) atoms. The van der Waals surface area contributed by atoms with Crippen LogP contribution < -0.4 is 4.35 Å². The zero-order valence-electron chi connectivity index (χ0n) is 5.81. The van der Waals surface area contributed by atoms with Gasteiger partial charge in [-0.25, -0.2) is 0 Å². The summed E-state index contributed by atoms with van der Waals surface area (Å²) in [6.07, 6.45) is 0. The number of rotatable bonds is 1. The van der Waals surface area contributed by atoms with Gasteiger partial charge in [-0.15, -0.1) is 0 Å². The Balaban J connectivity index is 2.94. The molecule has 0 fully saturated rings. The summed E-state index contributed by atoms with van der Waals surface area (Å²) in [7, 11) is 0. The summed E-state index contributed by atoms with van der Waals surface area (Å²) in [5.41, 5.74) is 3.69. The Bertz CT molecular complexity index is 194. The van der Waals surface area contributed by atoms with E-state index < -0.39 is 0 Å². The SMILES string of the molecule is C[AsH]c1cccc(C)c1. The fourth-order valence-electron chi connectivity index (χ4n) is 0.801. The molecule has 0 aromatic heterocycles. The molecule has 0 nitrogen and oxygen atoms in total. The molecular formula is C8H11As. The minimum absolute atomic E-state index is 0.177. The summed E-state index contributed by atoms with van der Waals surface area (Å²) in [5, 5.41) is 0. The Morgan fingerprint density at radius 3 is 2.56 bits per heavy atom. The standard InChI is InChI=1S/C8H11As/c1-7-4-3-5-8(6-7)9-2/h3-6,9H,1-2H3. The van der Waals surface area contributed by atoms with Gasteiger partial charge in [0.2, 0.25) is 0 Å². The molecule has 1 aromatic carbocycles. The fraction of sp³-hybridized carbons (Fsp3) is 0.250. The molecule has 0 aliphatic carbocycles. The van der Waals surface area contributed by atoms with Crippen LogP contribution in [0.25, 0.3) is 0 Å². The second kappa shape index (κ2) is 3.08. The maximum atomic E-state index is 2.30.